The first kappa shape index (κ1) is 40.1. The van der Waals surface area contributed by atoms with E-state index in [0.717, 1.165) is 13.0 Å². The summed E-state index contributed by atoms with van der Waals surface area (Å²) in [6.07, 6.45) is 7.67. The van der Waals surface area contributed by atoms with E-state index in [4.69, 9.17) is 47.4 Å². The van der Waals surface area contributed by atoms with Gasteiger partial charge >= 0.3 is 5.97 Å². The molecule has 0 amide bonds. The van der Waals surface area contributed by atoms with Crippen LogP contribution in [0.2, 0.25) is 0 Å². The van der Waals surface area contributed by atoms with E-state index in [-0.39, 0.29) is 6.61 Å². The fourth-order valence-electron chi connectivity index (χ4n) is 3.18. The normalized spacial score (nSPS) is 11.4. The molecule has 41 heavy (non-hydrogen) atoms. The molecule has 0 heterocycles. The Labute approximate surface area is 247 Å². The van der Waals surface area contributed by atoms with E-state index < -0.39 is 5.97 Å². The summed E-state index contributed by atoms with van der Waals surface area (Å²) < 4.78 is 58.6. The van der Waals surface area contributed by atoms with Crippen LogP contribution in [0.3, 0.4) is 0 Å². The minimum absolute atomic E-state index is 0.0656. The van der Waals surface area contributed by atoms with E-state index in [2.05, 4.69) is 11.7 Å². The van der Waals surface area contributed by atoms with Crippen molar-refractivity contribution < 1.29 is 56.9 Å². The molecule has 0 aliphatic carbocycles. The average molecular weight is 599 g/mol. The summed E-state index contributed by atoms with van der Waals surface area (Å²) in [5, 5.41) is 0. The van der Waals surface area contributed by atoms with Gasteiger partial charge in [0.05, 0.1) is 126 Å². The van der Waals surface area contributed by atoms with E-state index >= 15 is 0 Å². The van der Waals surface area contributed by atoms with Crippen LogP contribution in [0.4, 0.5) is 0 Å². The lowest BCUT2D eigenvalue weighted by molar-refractivity contribution is -0.146. The van der Waals surface area contributed by atoms with Crippen molar-refractivity contribution in [2.45, 2.75) is 45.4 Å². The Bertz CT molecular complexity index is 498. The Morgan fingerprint density at radius 3 is 0.951 bits per heavy atom. The zero-order chi connectivity index (χ0) is 29.7. The van der Waals surface area contributed by atoms with Crippen molar-refractivity contribution in [2.75, 3.05) is 139 Å². The Morgan fingerprint density at radius 1 is 0.366 bits per heavy atom. The molecular formula is C29H58O12. The lowest BCUT2D eigenvalue weighted by Gasteiger charge is -2.09. The molecule has 0 saturated carbocycles. The SMILES string of the molecule is CCCCCCCCOCCOCCOCCOCCOCCOCCOCCOCCOCCOCC(=O)OC. The quantitative estimate of drug-likeness (QED) is 0.0779. The number of carbonyl (C=O) groups excluding carboxylic acids is 1. The number of hydrogen-bond acceptors (Lipinski definition) is 12. The number of methoxy groups -OCH3 is 1. The van der Waals surface area contributed by atoms with Gasteiger partial charge in [-0.3, -0.25) is 0 Å². The Morgan fingerprint density at radius 2 is 0.634 bits per heavy atom. The molecule has 0 atom stereocenters. The average Bonchev–Trinajstić information content (AvgIpc) is 2.99. The van der Waals surface area contributed by atoms with Crippen molar-refractivity contribution in [1.29, 1.82) is 0 Å². The second-order valence-corrected chi connectivity index (χ2v) is 8.91. The molecule has 0 fully saturated rings. The molecule has 0 aliphatic heterocycles. The Hall–Kier alpha value is -0.930. The lowest BCUT2D eigenvalue weighted by Crippen LogP contribution is -2.16. The van der Waals surface area contributed by atoms with Crippen LogP contribution >= 0.6 is 0 Å². The smallest absolute Gasteiger partial charge is 0.331 e. The molecule has 12 nitrogen and oxygen atoms in total. The first-order chi connectivity index (χ1) is 20.3. The van der Waals surface area contributed by atoms with E-state index in [1.165, 1.54) is 39.2 Å². The zero-order valence-electron chi connectivity index (χ0n) is 25.8. The van der Waals surface area contributed by atoms with Crippen LogP contribution in [0.5, 0.6) is 0 Å². The van der Waals surface area contributed by atoms with Crippen molar-refractivity contribution in [1.82, 2.24) is 0 Å². The summed E-state index contributed by atoms with van der Waals surface area (Å²) in [7, 11) is 1.32. The number of hydrogen-bond donors (Lipinski definition) is 0. The van der Waals surface area contributed by atoms with E-state index in [0.29, 0.717) is 119 Å². The van der Waals surface area contributed by atoms with Gasteiger partial charge in [0.1, 0.15) is 6.61 Å². The molecule has 0 bridgehead atoms. The highest BCUT2D eigenvalue weighted by Gasteiger charge is 1.99. The van der Waals surface area contributed by atoms with Crippen LogP contribution in [0.15, 0.2) is 0 Å². The van der Waals surface area contributed by atoms with Gasteiger partial charge in [0.25, 0.3) is 0 Å². The molecule has 0 aromatic carbocycles. The van der Waals surface area contributed by atoms with Crippen LogP contribution in [-0.2, 0) is 56.9 Å². The van der Waals surface area contributed by atoms with Crippen LogP contribution in [0, 0.1) is 0 Å². The predicted molar refractivity (Wildman–Crippen MR) is 154 cm³/mol. The number of carbonyl (C=O) groups is 1. The Balaban J connectivity index is 3.04. The summed E-state index contributed by atoms with van der Waals surface area (Å²) >= 11 is 0. The maximum atomic E-state index is 10.8. The second-order valence-electron chi connectivity index (χ2n) is 8.91. The van der Waals surface area contributed by atoms with Gasteiger partial charge in [-0.15, -0.1) is 0 Å². The van der Waals surface area contributed by atoms with Crippen molar-refractivity contribution in [3.8, 4) is 0 Å². The molecule has 0 spiro atoms. The summed E-state index contributed by atoms with van der Waals surface area (Å²) in [6.45, 7) is 12.1. The number of unbranched alkanes of at least 4 members (excludes halogenated alkanes) is 5. The fraction of sp³-hybridized carbons (Fsp3) is 0.966. The number of rotatable bonds is 36. The third kappa shape index (κ3) is 37.0. The monoisotopic (exact) mass is 598 g/mol. The third-order valence-electron chi connectivity index (χ3n) is 5.44. The molecule has 0 N–H and O–H groups in total. The van der Waals surface area contributed by atoms with Crippen molar-refractivity contribution in [3.63, 3.8) is 0 Å². The van der Waals surface area contributed by atoms with E-state index in [1.807, 2.05) is 0 Å². The highest BCUT2D eigenvalue weighted by atomic mass is 16.6. The fourth-order valence-corrected chi connectivity index (χ4v) is 3.18. The molecule has 0 aromatic heterocycles. The maximum absolute atomic E-state index is 10.8. The highest BCUT2D eigenvalue weighted by molar-refractivity contribution is 5.70. The summed E-state index contributed by atoms with van der Waals surface area (Å²) in [5.74, 6) is -0.404. The molecule has 0 aliphatic rings. The molecule has 12 heteroatoms. The van der Waals surface area contributed by atoms with E-state index in [9.17, 15) is 4.79 Å². The van der Waals surface area contributed by atoms with Crippen molar-refractivity contribution >= 4 is 5.97 Å². The number of esters is 1. The first-order valence-corrected chi connectivity index (χ1v) is 15.2. The van der Waals surface area contributed by atoms with Crippen LogP contribution < -0.4 is 0 Å². The van der Waals surface area contributed by atoms with Crippen molar-refractivity contribution in [2.24, 2.45) is 0 Å². The number of ether oxygens (including phenoxy) is 11. The predicted octanol–water partition coefficient (Wildman–Crippen LogP) is 2.69. The second kappa shape index (κ2) is 37.1. The third-order valence-corrected chi connectivity index (χ3v) is 5.44. The molecular weight excluding hydrogens is 540 g/mol. The minimum Gasteiger partial charge on any atom is -0.467 e. The van der Waals surface area contributed by atoms with Gasteiger partial charge in [-0.2, -0.15) is 0 Å². The van der Waals surface area contributed by atoms with Crippen LogP contribution in [0.25, 0.3) is 0 Å². The van der Waals surface area contributed by atoms with E-state index in [1.54, 1.807) is 0 Å². The van der Waals surface area contributed by atoms with Crippen LogP contribution in [-0.4, -0.2) is 145 Å². The van der Waals surface area contributed by atoms with Crippen molar-refractivity contribution in [3.05, 3.63) is 0 Å². The Kier molecular flexibility index (Phi) is 36.3. The zero-order valence-corrected chi connectivity index (χ0v) is 25.8. The molecule has 0 saturated heterocycles. The van der Waals surface area contributed by atoms with Gasteiger partial charge in [0, 0.05) is 6.61 Å². The minimum atomic E-state index is -0.404. The standard InChI is InChI=1S/C29H58O12/c1-3-4-5-6-7-8-9-32-10-11-33-12-13-34-14-15-35-16-17-36-18-19-37-20-21-38-22-23-39-24-25-40-26-27-41-28-29(30)31-2/h3-28H2,1-2H3. The molecule has 0 unspecified atom stereocenters. The highest BCUT2D eigenvalue weighted by Crippen LogP contribution is 2.04. The summed E-state index contributed by atoms with van der Waals surface area (Å²) in [6, 6.07) is 0. The molecule has 0 aromatic rings. The van der Waals surface area contributed by atoms with Crippen LogP contribution in [0.1, 0.15) is 45.4 Å². The molecule has 246 valence electrons. The largest absolute Gasteiger partial charge is 0.467 e. The summed E-state index contributed by atoms with van der Waals surface area (Å²) in [5.41, 5.74) is 0. The summed E-state index contributed by atoms with van der Waals surface area (Å²) in [4.78, 5) is 10.8. The molecule has 0 rings (SSSR count). The molecule has 0 radical (unpaired) electrons. The van der Waals surface area contributed by atoms with Gasteiger partial charge in [-0.25, -0.2) is 4.79 Å². The maximum Gasteiger partial charge on any atom is 0.331 e. The topological polar surface area (TPSA) is 119 Å². The van der Waals surface area contributed by atoms with Gasteiger partial charge in [-0.05, 0) is 6.42 Å². The van der Waals surface area contributed by atoms with Gasteiger partial charge < -0.3 is 52.1 Å². The van der Waals surface area contributed by atoms with Gasteiger partial charge in [0.2, 0.25) is 0 Å². The van der Waals surface area contributed by atoms with Gasteiger partial charge in [0.15, 0.2) is 0 Å². The first-order valence-electron chi connectivity index (χ1n) is 15.2. The van der Waals surface area contributed by atoms with Gasteiger partial charge in [-0.1, -0.05) is 39.0 Å². The lowest BCUT2D eigenvalue weighted by atomic mass is 10.1.